The number of carbonyl (C=O) groups is 1. The van der Waals surface area contributed by atoms with Gasteiger partial charge in [-0.1, -0.05) is 15.9 Å². The Balaban J connectivity index is 1.34. The summed E-state index contributed by atoms with van der Waals surface area (Å²) in [5, 5.41) is 2.99. The minimum atomic E-state index is -0.0733. The molecule has 1 aliphatic rings. The maximum atomic E-state index is 12.8. The van der Waals surface area contributed by atoms with E-state index < -0.39 is 0 Å². The summed E-state index contributed by atoms with van der Waals surface area (Å²) in [5.74, 6) is 1.67. The summed E-state index contributed by atoms with van der Waals surface area (Å²) in [7, 11) is 0. The van der Waals surface area contributed by atoms with Crippen molar-refractivity contribution in [3.63, 3.8) is 0 Å². The highest BCUT2D eigenvalue weighted by Crippen LogP contribution is 2.21. The van der Waals surface area contributed by atoms with Crippen molar-refractivity contribution in [2.24, 2.45) is 0 Å². The summed E-state index contributed by atoms with van der Waals surface area (Å²) >= 11 is 5.03. The van der Waals surface area contributed by atoms with E-state index in [4.69, 9.17) is 9.15 Å². The highest BCUT2D eigenvalue weighted by atomic mass is 79.9. The van der Waals surface area contributed by atoms with Crippen LogP contribution in [0.2, 0.25) is 0 Å². The molecule has 2 aromatic heterocycles. The van der Waals surface area contributed by atoms with E-state index in [2.05, 4.69) is 25.8 Å². The normalized spacial score (nSPS) is 14.8. The lowest BCUT2D eigenvalue weighted by Gasteiger charge is -2.20. The van der Waals surface area contributed by atoms with Crippen LogP contribution in [0, 0.1) is 0 Å². The van der Waals surface area contributed by atoms with Crippen molar-refractivity contribution >= 4 is 38.3 Å². The number of ether oxygens (including phenoxy) is 1. The van der Waals surface area contributed by atoms with Gasteiger partial charge >= 0.3 is 0 Å². The maximum absolute atomic E-state index is 12.8. The molecule has 0 N–H and O–H groups in total. The molecule has 3 heterocycles. The third kappa shape index (κ3) is 4.56. The standard InChI is InChI=1S/C20H20BrN3O3S/c21-15-2-4-16(5-3-15)26-14-17-6-7-18(27-17)19(25)23-9-1-10-24(12-11-23)20-22-8-13-28-20/h2-8,13H,1,9-12,14H2. The molecule has 28 heavy (non-hydrogen) atoms. The van der Waals surface area contributed by atoms with Gasteiger partial charge in [0, 0.05) is 42.2 Å². The van der Waals surface area contributed by atoms with E-state index >= 15 is 0 Å². The molecule has 8 heteroatoms. The Morgan fingerprint density at radius 2 is 2.00 bits per heavy atom. The predicted octanol–water partition coefficient (Wildman–Crippen LogP) is 4.43. The second kappa shape index (κ2) is 8.79. The van der Waals surface area contributed by atoms with Gasteiger partial charge in [0.1, 0.15) is 18.1 Å². The fraction of sp³-hybridized carbons (Fsp3) is 0.300. The largest absolute Gasteiger partial charge is 0.486 e. The molecular weight excluding hydrogens is 442 g/mol. The first-order chi connectivity index (χ1) is 13.7. The molecule has 4 rings (SSSR count). The van der Waals surface area contributed by atoms with E-state index in [1.165, 1.54) is 0 Å². The zero-order valence-corrected chi connectivity index (χ0v) is 17.6. The highest BCUT2D eigenvalue weighted by molar-refractivity contribution is 9.10. The van der Waals surface area contributed by atoms with Gasteiger partial charge in [-0.25, -0.2) is 4.98 Å². The van der Waals surface area contributed by atoms with Gasteiger partial charge < -0.3 is 19.0 Å². The lowest BCUT2D eigenvalue weighted by Crippen LogP contribution is -2.35. The van der Waals surface area contributed by atoms with Crippen LogP contribution in [0.15, 0.2) is 56.9 Å². The lowest BCUT2D eigenvalue weighted by atomic mass is 10.3. The first kappa shape index (κ1) is 19.0. The van der Waals surface area contributed by atoms with Crippen LogP contribution in [0.4, 0.5) is 5.13 Å². The van der Waals surface area contributed by atoms with E-state index in [0.29, 0.717) is 24.6 Å². The lowest BCUT2D eigenvalue weighted by molar-refractivity contribution is 0.0731. The molecule has 0 bridgehead atoms. The van der Waals surface area contributed by atoms with Crippen LogP contribution in [0.5, 0.6) is 5.75 Å². The van der Waals surface area contributed by atoms with Gasteiger partial charge in [-0.15, -0.1) is 11.3 Å². The zero-order chi connectivity index (χ0) is 19.3. The molecule has 1 fully saturated rings. The van der Waals surface area contributed by atoms with E-state index in [1.54, 1.807) is 23.5 Å². The molecule has 0 aliphatic carbocycles. The van der Waals surface area contributed by atoms with Gasteiger partial charge in [-0.2, -0.15) is 0 Å². The molecule has 1 aliphatic heterocycles. The average Bonchev–Trinajstić information content (AvgIpc) is 3.35. The number of amides is 1. The molecule has 6 nitrogen and oxygen atoms in total. The number of halogens is 1. The first-order valence-electron chi connectivity index (χ1n) is 9.10. The van der Waals surface area contributed by atoms with Crippen molar-refractivity contribution in [1.82, 2.24) is 9.88 Å². The molecular formula is C20H20BrN3O3S. The quantitative estimate of drug-likeness (QED) is 0.562. The van der Waals surface area contributed by atoms with Crippen LogP contribution in [-0.2, 0) is 6.61 Å². The molecule has 0 unspecified atom stereocenters. The fourth-order valence-electron chi connectivity index (χ4n) is 3.10. The van der Waals surface area contributed by atoms with Gasteiger partial charge in [0.25, 0.3) is 5.91 Å². The zero-order valence-electron chi connectivity index (χ0n) is 15.2. The Morgan fingerprint density at radius 1 is 1.14 bits per heavy atom. The van der Waals surface area contributed by atoms with Crippen molar-refractivity contribution < 1.29 is 13.9 Å². The van der Waals surface area contributed by atoms with Gasteiger partial charge in [-0.05, 0) is 42.8 Å². The predicted molar refractivity (Wildman–Crippen MR) is 112 cm³/mol. The summed E-state index contributed by atoms with van der Waals surface area (Å²) in [6.07, 6.45) is 2.72. The third-order valence-electron chi connectivity index (χ3n) is 4.54. The molecule has 146 valence electrons. The number of carbonyl (C=O) groups excluding carboxylic acids is 1. The molecule has 0 radical (unpaired) electrons. The van der Waals surface area contributed by atoms with E-state index in [1.807, 2.05) is 40.7 Å². The molecule has 1 aromatic carbocycles. The Bertz CT molecular complexity index is 911. The van der Waals surface area contributed by atoms with E-state index in [0.717, 1.165) is 34.9 Å². The van der Waals surface area contributed by atoms with Crippen molar-refractivity contribution in [2.75, 3.05) is 31.1 Å². The van der Waals surface area contributed by atoms with Crippen LogP contribution in [0.3, 0.4) is 0 Å². The highest BCUT2D eigenvalue weighted by Gasteiger charge is 2.23. The second-order valence-corrected chi connectivity index (χ2v) is 8.24. The number of aromatic nitrogens is 1. The Labute approximate surface area is 175 Å². The number of rotatable bonds is 5. The Kier molecular flexibility index (Phi) is 5.97. The number of furan rings is 1. The summed E-state index contributed by atoms with van der Waals surface area (Å²) in [6.45, 7) is 3.34. The van der Waals surface area contributed by atoms with Crippen LogP contribution in [0.1, 0.15) is 22.7 Å². The SMILES string of the molecule is O=C(c1ccc(COc2ccc(Br)cc2)o1)N1CCCN(c2nccs2)CC1. The number of hydrogen-bond acceptors (Lipinski definition) is 6. The number of nitrogens with zero attached hydrogens (tertiary/aromatic N) is 3. The fourth-order valence-corrected chi connectivity index (χ4v) is 4.06. The van der Waals surface area contributed by atoms with Crippen LogP contribution in [0.25, 0.3) is 0 Å². The number of thiazole rings is 1. The summed E-state index contributed by atoms with van der Waals surface area (Å²) in [4.78, 5) is 21.3. The minimum Gasteiger partial charge on any atom is -0.486 e. The summed E-state index contributed by atoms with van der Waals surface area (Å²) in [6, 6.07) is 11.1. The molecule has 0 spiro atoms. The van der Waals surface area contributed by atoms with Crippen molar-refractivity contribution in [2.45, 2.75) is 13.0 Å². The maximum Gasteiger partial charge on any atom is 0.289 e. The van der Waals surface area contributed by atoms with Gasteiger partial charge in [0.2, 0.25) is 0 Å². The Hall–Kier alpha value is -2.32. The van der Waals surface area contributed by atoms with E-state index in [-0.39, 0.29) is 12.5 Å². The summed E-state index contributed by atoms with van der Waals surface area (Å²) in [5.41, 5.74) is 0. The van der Waals surface area contributed by atoms with Crippen LogP contribution >= 0.6 is 27.3 Å². The Morgan fingerprint density at radius 3 is 2.79 bits per heavy atom. The molecule has 1 saturated heterocycles. The smallest absolute Gasteiger partial charge is 0.289 e. The first-order valence-corrected chi connectivity index (χ1v) is 10.8. The molecule has 0 atom stereocenters. The molecule has 3 aromatic rings. The number of benzene rings is 1. The minimum absolute atomic E-state index is 0.0733. The molecule has 1 amide bonds. The van der Waals surface area contributed by atoms with Gasteiger partial charge in [-0.3, -0.25) is 4.79 Å². The number of hydrogen-bond donors (Lipinski definition) is 0. The van der Waals surface area contributed by atoms with Crippen LogP contribution < -0.4 is 9.64 Å². The number of anilines is 1. The second-order valence-electron chi connectivity index (χ2n) is 6.46. The van der Waals surface area contributed by atoms with Crippen molar-refractivity contribution in [3.05, 3.63) is 64.0 Å². The molecule has 0 saturated carbocycles. The van der Waals surface area contributed by atoms with Gasteiger partial charge in [0.15, 0.2) is 10.9 Å². The summed E-state index contributed by atoms with van der Waals surface area (Å²) < 4.78 is 12.4. The topological polar surface area (TPSA) is 58.8 Å². The monoisotopic (exact) mass is 461 g/mol. The van der Waals surface area contributed by atoms with Crippen LogP contribution in [-0.4, -0.2) is 42.0 Å². The average molecular weight is 462 g/mol. The van der Waals surface area contributed by atoms with Crippen molar-refractivity contribution in [1.29, 1.82) is 0 Å². The van der Waals surface area contributed by atoms with Crippen molar-refractivity contribution in [3.8, 4) is 5.75 Å². The van der Waals surface area contributed by atoms with Gasteiger partial charge in [0.05, 0.1) is 0 Å². The third-order valence-corrected chi connectivity index (χ3v) is 5.90. The van der Waals surface area contributed by atoms with E-state index in [9.17, 15) is 4.79 Å².